The van der Waals surface area contributed by atoms with Crippen molar-refractivity contribution in [2.45, 2.75) is 20.3 Å². The SMILES string of the molecule is CCOC(=O)CC(=O)c1ccc2sc(C)nc2c1. The van der Waals surface area contributed by atoms with E-state index in [1.54, 1.807) is 30.4 Å². The number of thiazole rings is 1. The predicted molar refractivity (Wildman–Crippen MR) is 69.9 cm³/mol. The van der Waals surface area contributed by atoms with Crippen molar-refractivity contribution in [2.75, 3.05) is 6.61 Å². The Hall–Kier alpha value is -1.75. The Bertz CT molecular complexity index is 603. The van der Waals surface area contributed by atoms with Crippen LogP contribution < -0.4 is 0 Å². The minimum atomic E-state index is -0.489. The largest absolute Gasteiger partial charge is 0.466 e. The van der Waals surface area contributed by atoms with Gasteiger partial charge in [-0.15, -0.1) is 11.3 Å². The van der Waals surface area contributed by atoms with Gasteiger partial charge in [0.05, 0.1) is 21.8 Å². The first kappa shape index (κ1) is 12.7. The molecular weight excluding hydrogens is 250 g/mol. The van der Waals surface area contributed by atoms with Gasteiger partial charge in [-0.1, -0.05) is 0 Å². The second-order valence-corrected chi connectivity index (χ2v) is 5.06. The Morgan fingerprint density at radius 2 is 2.17 bits per heavy atom. The summed E-state index contributed by atoms with van der Waals surface area (Å²) in [4.78, 5) is 27.4. The first-order valence-corrected chi connectivity index (χ1v) is 6.48. The van der Waals surface area contributed by atoms with Crippen LogP contribution in [0.3, 0.4) is 0 Å². The highest BCUT2D eigenvalue weighted by Crippen LogP contribution is 2.22. The molecule has 94 valence electrons. The Balaban J connectivity index is 2.20. The van der Waals surface area contributed by atoms with Crippen molar-refractivity contribution in [1.29, 1.82) is 0 Å². The summed E-state index contributed by atoms with van der Waals surface area (Å²) in [6.45, 7) is 3.92. The lowest BCUT2D eigenvalue weighted by Gasteiger charge is -2.01. The van der Waals surface area contributed by atoms with Crippen molar-refractivity contribution >= 4 is 33.3 Å². The lowest BCUT2D eigenvalue weighted by atomic mass is 10.1. The molecule has 1 heterocycles. The zero-order chi connectivity index (χ0) is 13.1. The number of rotatable bonds is 4. The Kier molecular flexibility index (Phi) is 3.72. The monoisotopic (exact) mass is 263 g/mol. The fraction of sp³-hybridized carbons (Fsp3) is 0.308. The minimum Gasteiger partial charge on any atom is -0.466 e. The molecule has 2 aromatic rings. The first-order valence-electron chi connectivity index (χ1n) is 5.66. The highest BCUT2D eigenvalue weighted by molar-refractivity contribution is 7.18. The van der Waals surface area contributed by atoms with E-state index < -0.39 is 5.97 Å². The molecule has 0 amide bonds. The summed E-state index contributed by atoms with van der Waals surface area (Å²) < 4.78 is 5.79. The van der Waals surface area contributed by atoms with Crippen LogP contribution in [0, 0.1) is 6.92 Å². The van der Waals surface area contributed by atoms with E-state index in [0.717, 1.165) is 15.2 Å². The average Bonchev–Trinajstić information content (AvgIpc) is 2.68. The summed E-state index contributed by atoms with van der Waals surface area (Å²) in [5.74, 6) is -0.724. The van der Waals surface area contributed by atoms with E-state index in [-0.39, 0.29) is 18.8 Å². The highest BCUT2D eigenvalue weighted by Gasteiger charge is 2.13. The van der Waals surface area contributed by atoms with E-state index in [1.807, 2.05) is 13.0 Å². The van der Waals surface area contributed by atoms with Crippen LogP contribution in [0.25, 0.3) is 10.2 Å². The Morgan fingerprint density at radius 3 is 2.89 bits per heavy atom. The fourth-order valence-corrected chi connectivity index (χ4v) is 2.47. The summed E-state index contributed by atoms with van der Waals surface area (Å²) in [6, 6.07) is 5.31. The van der Waals surface area contributed by atoms with Crippen molar-refractivity contribution in [3.63, 3.8) is 0 Å². The maximum absolute atomic E-state index is 11.9. The van der Waals surface area contributed by atoms with Gasteiger partial charge in [-0.05, 0) is 32.0 Å². The van der Waals surface area contributed by atoms with Crippen LogP contribution in [0.4, 0.5) is 0 Å². The van der Waals surface area contributed by atoms with Crippen molar-refractivity contribution < 1.29 is 14.3 Å². The smallest absolute Gasteiger partial charge is 0.313 e. The Labute approximate surface area is 109 Å². The number of carbonyl (C=O) groups excluding carboxylic acids is 2. The molecule has 4 nitrogen and oxygen atoms in total. The van der Waals surface area contributed by atoms with Gasteiger partial charge in [-0.25, -0.2) is 4.98 Å². The number of fused-ring (bicyclic) bond motifs is 1. The second kappa shape index (κ2) is 5.27. The highest BCUT2D eigenvalue weighted by atomic mass is 32.1. The molecule has 0 saturated heterocycles. The van der Waals surface area contributed by atoms with Crippen LogP contribution in [-0.4, -0.2) is 23.3 Å². The summed E-state index contributed by atoms with van der Waals surface area (Å²) in [6.07, 6.45) is -0.220. The number of aryl methyl sites for hydroxylation is 1. The standard InChI is InChI=1S/C13H13NO3S/c1-3-17-13(16)7-11(15)9-4-5-12-10(6-9)14-8(2)18-12/h4-6H,3,7H2,1-2H3. The summed E-state index contributed by atoms with van der Waals surface area (Å²) in [5.41, 5.74) is 1.30. The number of Topliss-reactive ketones (excluding diaryl/α,β-unsaturated/α-hetero) is 1. The lowest BCUT2D eigenvalue weighted by molar-refractivity contribution is -0.141. The summed E-state index contributed by atoms with van der Waals surface area (Å²) >= 11 is 1.58. The number of benzene rings is 1. The molecule has 1 aromatic carbocycles. The van der Waals surface area contributed by atoms with Gasteiger partial charge in [0, 0.05) is 5.56 Å². The maximum atomic E-state index is 11.9. The molecular formula is C13H13NO3S. The van der Waals surface area contributed by atoms with Gasteiger partial charge in [-0.2, -0.15) is 0 Å². The molecule has 0 radical (unpaired) electrons. The molecule has 0 saturated carbocycles. The quantitative estimate of drug-likeness (QED) is 0.483. The van der Waals surface area contributed by atoms with Crippen LogP contribution >= 0.6 is 11.3 Å². The summed E-state index contributed by atoms with van der Waals surface area (Å²) in [5, 5.41) is 0.958. The van der Waals surface area contributed by atoms with Crippen molar-refractivity contribution in [3.05, 3.63) is 28.8 Å². The molecule has 0 fully saturated rings. The van der Waals surface area contributed by atoms with Gasteiger partial charge < -0.3 is 4.74 Å². The van der Waals surface area contributed by atoms with Gasteiger partial charge in [-0.3, -0.25) is 9.59 Å². The van der Waals surface area contributed by atoms with Crippen molar-refractivity contribution in [2.24, 2.45) is 0 Å². The van der Waals surface area contributed by atoms with Crippen molar-refractivity contribution in [3.8, 4) is 0 Å². The molecule has 0 atom stereocenters. The van der Waals surface area contributed by atoms with Crippen LogP contribution in [-0.2, 0) is 9.53 Å². The van der Waals surface area contributed by atoms with Crippen molar-refractivity contribution in [1.82, 2.24) is 4.98 Å². The van der Waals surface area contributed by atoms with Crippen LogP contribution in [0.2, 0.25) is 0 Å². The molecule has 1 aromatic heterocycles. The molecule has 0 spiro atoms. The molecule has 0 aliphatic carbocycles. The molecule has 0 aliphatic heterocycles. The number of nitrogens with zero attached hydrogens (tertiary/aromatic N) is 1. The van der Waals surface area contributed by atoms with Gasteiger partial charge in [0.1, 0.15) is 6.42 Å². The maximum Gasteiger partial charge on any atom is 0.313 e. The van der Waals surface area contributed by atoms with E-state index in [9.17, 15) is 9.59 Å². The van der Waals surface area contributed by atoms with Gasteiger partial charge in [0.25, 0.3) is 0 Å². The number of ketones is 1. The van der Waals surface area contributed by atoms with Gasteiger partial charge in [0.15, 0.2) is 5.78 Å². The molecule has 0 bridgehead atoms. The molecule has 0 N–H and O–H groups in total. The molecule has 0 unspecified atom stereocenters. The number of hydrogen-bond donors (Lipinski definition) is 0. The third kappa shape index (κ3) is 2.73. The number of esters is 1. The average molecular weight is 263 g/mol. The van der Waals surface area contributed by atoms with Crippen LogP contribution in [0.1, 0.15) is 28.7 Å². The van der Waals surface area contributed by atoms with E-state index in [0.29, 0.717) is 5.56 Å². The predicted octanol–water partition coefficient (Wildman–Crippen LogP) is 2.74. The normalized spacial score (nSPS) is 10.6. The van der Waals surface area contributed by atoms with E-state index in [2.05, 4.69) is 4.98 Å². The number of hydrogen-bond acceptors (Lipinski definition) is 5. The lowest BCUT2D eigenvalue weighted by Crippen LogP contribution is -2.11. The topological polar surface area (TPSA) is 56.3 Å². The molecule has 2 rings (SSSR count). The molecule has 0 aliphatic rings. The second-order valence-electron chi connectivity index (χ2n) is 3.82. The number of aromatic nitrogens is 1. The first-order chi connectivity index (χ1) is 8.60. The van der Waals surface area contributed by atoms with Gasteiger partial charge in [0.2, 0.25) is 0 Å². The van der Waals surface area contributed by atoms with E-state index >= 15 is 0 Å². The number of carbonyl (C=O) groups is 2. The van der Waals surface area contributed by atoms with Crippen LogP contribution in [0.15, 0.2) is 18.2 Å². The minimum absolute atomic E-state index is 0.220. The zero-order valence-electron chi connectivity index (χ0n) is 10.2. The molecule has 18 heavy (non-hydrogen) atoms. The zero-order valence-corrected chi connectivity index (χ0v) is 11.0. The Morgan fingerprint density at radius 1 is 1.39 bits per heavy atom. The van der Waals surface area contributed by atoms with E-state index in [1.165, 1.54) is 0 Å². The third-order valence-corrected chi connectivity index (χ3v) is 3.38. The van der Waals surface area contributed by atoms with Gasteiger partial charge >= 0.3 is 5.97 Å². The van der Waals surface area contributed by atoms with E-state index in [4.69, 9.17) is 4.74 Å². The number of ether oxygens (including phenoxy) is 1. The summed E-state index contributed by atoms with van der Waals surface area (Å²) in [7, 11) is 0. The third-order valence-electron chi connectivity index (χ3n) is 2.43. The van der Waals surface area contributed by atoms with Crippen LogP contribution in [0.5, 0.6) is 0 Å². The molecule has 5 heteroatoms. The fourth-order valence-electron chi connectivity index (χ4n) is 1.66.